The first-order chi connectivity index (χ1) is 37.5. The third-order valence-corrected chi connectivity index (χ3v) is 15.1. The third kappa shape index (κ3) is 62.2. The fourth-order valence-corrected chi connectivity index (χ4v) is 10.1. The van der Waals surface area contributed by atoms with Gasteiger partial charge in [0.05, 0.1) is 0 Å². The number of ether oxygens (including phenoxy) is 3. The summed E-state index contributed by atoms with van der Waals surface area (Å²) < 4.78 is 16.8. The normalized spacial score (nSPS) is 12.3. The first-order valence-electron chi connectivity index (χ1n) is 33.6. The molecule has 0 saturated carbocycles. The maximum atomic E-state index is 12.8. The van der Waals surface area contributed by atoms with Gasteiger partial charge in [-0.05, 0) is 57.8 Å². The molecular formula is C70H128O6. The summed E-state index contributed by atoms with van der Waals surface area (Å²) in [6.45, 7) is 6.53. The smallest absolute Gasteiger partial charge is 0.306 e. The van der Waals surface area contributed by atoms with Gasteiger partial charge in [0.1, 0.15) is 13.2 Å². The molecule has 0 aliphatic rings. The van der Waals surface area contributed by atoms with Crippen molar-refractivity contribution in [2.24, 2.45) is 0 Å². The van der Waals surface area contributed by atoms with E-state index < -0.39 is 6.10 Å². The molecule has 0 aliphatic carbocycles. The lowest BCUT2D eigenvalue weighted by molar-refractivity contribution is -0.167. The van der Waals surface area contributed by atoms with Gasteiger partial charge in [-0.2, -0.15) is 0 Å². The van der Waals surface area contributed by atoms with E-state index >= 15 is 0 Å². The summed E-state index contributed by atoms with van der Waals surface area (Å²) in [6.07, 6.45) is 81.7. The van der Waals surface area contributed by atoms with Gasteiger partial charge in [0.2, 0.25) is 0 Å². The fourth-order valence-electron chi connectivity index (χ4n) is 10.1. The molecule has 0 radical (unpaired) electrons. The Labute approximate surface area is 473 Å². The molecule has 6 heteroatoms. The van der Waals surface area contributed by atoms with Crippen molar-refractivity contribution in [3.8, 4) is 0 Å². The minimum atomic E-state index is -0.791. The topological polar surface area (TPSA) is 78.9 Å². The van der Waals surface area contributed by atoms with Crippen molar-refractivity contribution in [2.75, 3.05) is 13.2 Å². The molecule has 0 rings (SSSR count). The molecule has 76 heavy (non-hydrogen) atoms. The van der Waals surface area contributed by atoms with Crippen LogP contribution in [0.1, 0.15) is 361 Å². The molecule has 0 N–H and O–H groups in total. The first-order valence-corrected chi connectivity index (χ1v) is 33.6. The second-order valence-electron chi connectivity index (χ2n) is 22.7. The lowest BCUT2D eigenvalue weighted by Crippen LogP contribution is -2.30. The number of rotatable bonds is 62. The maximum absolute atomic E-state index is 12.8. The van der Waals surface area contributed by atoms with Crippen molar-refractivity contribution in [3.63, 3.8) is 0 Å². The highest BCUT2D eigenvalue weighted by Gasteiger charge is 2.19. The molecule has 6 nitrogen and oxygen atoms in total. The van der Waals surface area contributed by atoms with Crippen molar-refractivity contribution < 1.29 is 28.6 Å². The molecule has 0 aromatic carbocycles. The zero-order valence-electron chi connectivity index (χ0n) is 51.0. The van der Waals surface area contributed by atoms with Crippen molar-refractivity contribution in [3.05, 3.63) is 48.6 Å². The Bertz CT molecular complexity index is 1310. The molecule has 0 aliphatic heterocycles. The van der Waals surface area contributed by atoms with Gasteiger partial charge in [0.15, 0.2) is 6.10 Å². The number of unbranched alkanes of at least 4 members (excludes halogenated alkanes) is 43. The zero-order chi connectivity index (χ0) is 55.0. The third-order valence-electron chi connectivity index (χ3n) is 15.1. The minimum Gasteiger partial charge on any atom is -0.462 e. The van der Waals surface area contributed by atoms with E-state index in [4.69, 9.17) is 14.2 Å². The highest BCUT2D eigenvalue weighted by Crippen LogP contribution is 2.18. The van der Waals surface area contributed by atoms with E-state index in [0.29, 0.717) is 19.3 Å². The van der Waals surface area contributed by atoms with Gasteiger partial charge in [0.25, 0.3) is 0 Å². The van der Waals surface area contributed by atoms with Crippen LogP contribution in [0.3, 0.4) is 0 Å². The van der Waals surface area contributed by atoms with Crippen LogP contribution in [0.15, 0.2) is 48.6 Å². The van der Waals surface area contributed by atoms with Crippen LogP contribution in [0.5, 0.6) is 0 Å². The molecule has 0 amide bonds. The second kappa shape index (κ2) is 64.9. The lowest BCUT2D eigenvalue weighted by atomic mass is 10.0. The van der Waals surface area contributed by atoms with Gasteiger partial charge >= 0.3 is 17.9 Å². The largest absolute Gasteiger partial charge is 0.462 e. The average Bonchev–Trinajstić information content (AvgIpc) is 3.42. The van der Waals surface area contributed by atoms with Gasteiger partial charge in [-0.15, -0.1) is 0 Å². The Hall–Kier alpha value is -2.63. The van der Waals surface area contributed by atoms with E-state index in [-0.39, 0.29) is 37.5 Å². The van der Waals surface area contributed by atoms with Crippen LogP contribution in [0.4, 0.5) is 0 Å². The summed E-state index contributed by atoms with van der Waals surface area (Å²) >= 11 is 0. The molecule has 444 valence electrons. The van der Waals surface area contributed by atoms with Gasteiger partial charge in [0, 0.05) is 19.3 Å². The Balaban J connectivity index is 4.04. The van der Waals surface area contributed by atoms with Crippen LogP contribution in [-0.4, -0.2) is 37.2 Å². The van der Waals surface area contributed by atoms with Crippen molar-refractivity contribution in [2.45, 2.75) is 367 Å². The number of esters is 3. The molecule has 1 unspecified atom stereocenters. The van der Waals surface area contributed by atoms with E-state index in [1.54, 1.807) is 0 Å². The second-order valence-corrected chi connectivity index (χ2v) is 22.7. The van der Waals surface area contributed by atoms with Crippen LogP contribution in [0.2, 0.25) is 0 Å². The lowest BCUT2D eigenvalue weighted by Gasteiger charge is -2.18. The summed E-state index contributed by atoms with van der Waals surface area (Å²) in [5, 5.41) is 0. The van der Waals surface area contributed by atoms with Crippen molar-refractivity contribution in [1.82, 2.24) is 0 Å². The summed E-state index contributed by atoms with van der Waals surface area (Å²) in [6, 6.07) is 0. The van der Waals surface area contributed by atoms with Crippen molar-refractivity contribution in [1.29, 1.82) is 0 Å². The number of carbonyl (C=O) groups is 3. The van der Waals surface area contributed by atoms with E-state index in [1.165, 1.54) is 238 Å². The quantitative estimate of drug-likeness (QED) is 0.0261. The molecule has 0 heterocycles. The van der Waals surface area contributed by atoms with Gasteiger partial charge in [-0.3, -0.25) is 14.4 Å². The summed E-state index contributed by atoms with van der Waals surface area (Å²) in [7, 11) is 0. The molecular weight excluding hydrogens is 937 g/mol. The Morgan fingerprint density at radius 1 is 0.276 bits per heavy atom. The minimum absolute atomic E-state index is 0.0856. The fraction of sp³-hybridized carbons (Fsp3) is 0.843. The van der Waals surface area contributed by atoms with E-state index in [2.05, 4.69) is 69.4 Å². The molecule has 0 aromatic rings. The number of hydrogen-bond acceptors (Lipinski definition) is 6. The van der Waals surface area contributed by atoms with Crippen LogP contribution in [-0.2, 0) is 28.6 Å². The highest BCUT2D eigenvalue weighted by atomic mass is 16.6. The van der Waals surface area contributed by atoms with Crippen LogP contribution >= 0.6 is 0 Å². The van der Waals surface area contributed by atoms with Crippen molar-refractivity contribution >= 4 is 17.9 Å². The predicted molar refractivity (Wildman–Crippen MR) is 330 cm³/mol. The zero-order valence-corrected chi connectivity index (χ0v) is 51.0. The predicted octanol–water partition coefficient (Wildman–Crippen LogP) is 22.9. The van der Waals surface area contributed by atoms with Gasteiger partial charge < -0.3 is 14.2 Å². The number of allylic oxidation sites excluding steroid dienone is 8. The standard InChI is InChI=1S/C70H128O6/c1-4-7-10-13-16-19-22-24-26-27-28-29-30-31-32-33-34-35-36-37-38-39-40-41-42-43-45-46-48-51-54-57-60-63-69(72)75-66-67(65-74-68(71)62-59-56-53-50-21-18-15-12-9-6-3)76-70(73)64-61-58-55-52-49-47-44-25-23-20-17-14-11-8-5-2/h8,11,17,20,25,44,49,52,67H,4-7,9-10,12-16,18-19,21-24,26-43,45-48,50-51,53-66H2,1-3H3/b11-8-,20-17-,44-25-,52-49-. The van der Waals surface area contributed by atoms with Crippen LogP contribution in [0, 0.1) is 0 Å². The molecule has 0 saturated heterocycles. The summed E-state index contributed by atoms with van der Waals surface area (Å²) in [5.41, 5.74) is 0. The average molecular weight is 1070 g/mol. The summed E-state index contributed by atoms with van der Waals surface area (Å²) in [5.74, 6) is -0.911. The van der Waals surface area contributed by atoms with E-state index in [1.807, 2.05) is 0 Å². The SMILES string of the molecule is CC/C=C\C/C=C\C/C=C\C/C=C\CCCCC(=O)OC(COC(=O)CCCCCCCCCCCC)COC(=O)CCCCCCCCCCCCCCCCCCCCCCCCCCCCCCCCCCC. The van der Waals surface area contributed by atoms with Gasteiger partial charge in [-0.25, -0.2) is 0 Å². The number of carbonyl (C=O) groups excluding carboxylic acids is 3. The molecule has 0 bridgehead atoms. The number of hydrogen-bond donors (Lipinski definition) is 0. The molecule has 0 spiro atoms. The molecule has 0 aromatic heterocycles. The molecule has 1 atom stereocenters. The van der Waals surface area contributed by atoms with Crippen LogP contribution < -0.4 is 0 Å². The van der Waals surface area contributed by atoms with Gasteiger partial charge in [-0.1, -0.05) is 333 Å². The van der Waals surface area contributed by atoms with E-state index in [0.717, 1.165) is 77.0 Å². The molecule has 0 fully saturated rings. The van der Waals surface area contributed by atoms with E-state index in [9.17, 15) is 14.4 Å². The highest BCUT2D eigenvalue weighted by molar-refractivity contribution is 5.71. The Kier molecular flexibility index (Phi) is 62.6. The summed E-state index contributed by atoms with van der Waals surface area (Å²) in [4.78, 5) is 38.1. The monoisotopic (exact) mass is 1060 g/mol. The maximum Gasteiger partial charge on any atom is 0.306 e. The Morgan fingerprint density at radius 3 is 0.803 bits per heavy atom. The van der Waals surface area contributed by atoms with Crippen LogP contribution in [0.25, 0.3) is 0 Å². The Morgan fingerprint density at radius 2 is 0.513 bits per heavy atom. The first kappa shape index (κ1) is 73.4.